The molecule has 1 aliphatic carbocycles. The van der Waals surface area contributed by atoms with Crippen molar-refractivity contribution in [2.45, 2.75) is 80.7 Å². The first-order chi connectivity index (χ1) is 16.8. The molecule has 0 aromatic heterocycles. The number of fused-ring (bicyclic) bond motifs is 2. The highest BCUT2D eigenvalue weighted by atomic mass is 16.7. The average molecular weight is 497 g/mol. The molecule has 1 saturated heterocycles. The number of aliphatic hydroxyl groups is 7. The molecule has 2 bridgehead atoms. The molecule has 9 nitrogen and oxygen atoms in total. The van der Waals surface area contributed by atoms with Gasteiger partial charge in [-0.1, -0.05) is 18.2 Å². The van der Waals surface area contributed by atoms with Crippen molar-refractivity contribution in [2.24, 2.45) is 11.8 Å². The summed E-state index contributed by atoms with van der Waals surface area (Å²) in [5.74, 6) is -0.820. The highest BCUT2D eigenvalue weighted by Crippen LogP contribution is 2.53. The second-order valence-electron chi connectivity index (χ2n) is 9.81. The van der Waals surface area contributed by atoms with E-state index in [-0.39, 0.29) is 45.5 Å². The van der Waals surface area contributed by atoms with E-state index in [4.69, 9.17) is 9.47 Å². The summed E-state index contributed by atoms with van der Waals surface area (Å²) in [7, 11) is 0. The Bertz CT molecular complexity index is 803. The van der Waals surface area contributed by atoms with E-state index in [9.17, 15) is 35.7 Å². The van der Waals surface area contributed by atoms with Gasteiger partial charge in [0.1, 0.15) is 23.6 Å². The Labute approximate surface area is 206 Å². The topological polar surface area (TPSA) is 160 Å². The monoisotopic (exact) mass is 496 g/mol. The number of benzene rings is 1. The first-order valence-corrected chi connectivity index (χ1v) is 12.4. The zero-order valence-corrected chi connectivity index (χ0v) is 20.1. The number of hydrogen-bond acceptors (Lipinski definition) is 9. The lowest BCUT2D eigenvalue weighted by Gasteiger charge is -2.61. The van der Waals surface area contributed by atoms with E-state index in [1.807, 2.05) is 12.1 Å². The lowest BCUT2D eigenvalue weighted by atomic mass is 9.58. The minimum Gasteiger partial charge on any atom is -0.462 e. The van der Waals surface area contributed by atoms with Crippen LogP contribution in [-0.2, 0) is 11.2 Å². The van der Waals surface area contributed by atoms with Crippen LogP contribution >= 0.6 is 0 Å². The summed E-state index contributed by atoms with van der Waals surface area (Å²) in [5.41, 5.74) is -3.05. The van der Waals surface area contributed by atoms with Crippen LogP contribution in [-0.4, -0.2) is 91.4 Å². The maximum atomic E-state index is 12.0. The highest BCUT2D eigenvalue weighted by Gasteiger charge is 2.70. The zero-order chi connectivity index (χ0) is 25.6. The molecular formula is C26H40O9. The third-order valence-electron chi connectivity index (χ3n) is 7.59. The van der Waals surface area contributed by atoms with Gasteiger partial charge in [-0.2, -0.15) is 0 Å². The highest BCUT2D eigenvalue weighted by molar-refractivity contribution is 5.29. The van der Waals surface area contributed by atoms with Crippen molar-refractivity contribution in [3.05, 3.63) is 42.5 Å². The Morgan fingerprint density at radius 2 is 1.74 bits per heavy atom. The van der Waals surface area contributed by atoms with Crippen molar-refractivity contribution in [3.63, 3.8) is 0 Å². The first-order valence-electron chi connectivity index (χ1n) is 12.4. The third kappa shape index (κ3) is 5.57. The first kappa shape index (κ1) is 28.0. The fourth-order valence-electron chi connectivity index (χ4n) is 5.70. The molecule has 2 fully saturated rings. The molecule has 7 N–H and O–H groups in total. The van der Waals surface area contributed by atoms with Crippen molar-refractivity contribution < 1.29 is 45.2 Å². The molecule has 1 saturated carbocycles. The summed E-state index contributed by atoms with van der Waals surface area (Å²) >= 11 is 0. The van der Waals surface area contributed by atoms with Crippen molar-refractivity contribution in [2.75, 3.05) is 19.8 Å². The Morgan fingerprint density at radius 3 is 2.34 bits per heavy atom. The molecule has 35 heavy (non-hydrogen) atoms. The summed E-state index contributed by atoms with van der Waals surface area (Å²) in [6.45, 7) is 3.19. The molecule has 2 aliphatic rings. The summed E-state index contributed by atoms with van der Waals surface area (Å²) in [6, 6.07) is 7.06. The lowest BCUT2D eigenvalue weighted by Crippen LogP contribution is -2.80. The largest absolute Gasteiger partial charge is 0.462 e. The van der Waals surface area contributed by atoms with Crippen LogP contribution in [0.3, 0.4) is 0 Å². The fourth-order valence-corrected chi connectivity index (χ4v) is 5.70. The number of aliphatic hydroxyl groups excluding tert-OH is 5. The number of ether oxygens (including phenoxy) is 2. The number of rotatable bonds is 13. The van der Waals surface area contributed by atoms with Crippen LogP contribution in [0.1, 0.15) is 44.1 Å². The Hall–Kier alpha value is -1.56. The molecule has 0 radical (unpaired) electrons. The van der Waals surface area contributed by atoms with Crippen LogP contribution < -0.4 is 4.74 Å². The van der Waals surface area contributed by atoms with Crippen molar-refractivity contribution in [1.82, 2.24) is 0 Å². The van der Waals surface area contributed by atoms with Crippen molar-refractivity contribution in [3.8, 4) is 5.75 Å². The lowest BCUT2D eigenvalue weighted by molar-refractivity contribution is -0.390. The van der Waals surface area contributed by atoms with Crippen LogP contribution in [0.2, 0.25) is 0 Å². The van der Waals surface area contributed by atoms with Crippen molar-refractivity contribution in [1.29, 1.82) is 0 Å². The van der Waals surface area contributed by atoms with E-state index in [2.05, 4.69) is 6.58 Å². The summed E-state index contributed by atoms with van der Waals surface area (Å²) < 4.78 is 12.1. The molecule has 198 valence electrons. The van der Waals surface area contributed by atoms with Crippen LogP contribution in [0, 0.1) is 11.8 Å². The third-order valence-corrected chi connectivity index (χ3v) is 7.59. The van der Waals surface area contributed by atoms with Gasteiger partial charge in [0.05, 0.1) is 6.10 Å². The zero-order valence-electron chi connectivity index (χ0n) is 20.1. The predicted molar refractivity (Wildman–Crippen MR) is 127 cm³/mol. The maximum Gasteiger partial charge on any atom is 0.232 e. The van der Waals surface area contributed by atoms with Crippen LogP contribution in [0.15, 0.2) is 36.9 Å². The van der Waals surface area contributed by atoms with Gasteiger partial charge in [-0.3, -0.25) is 0 Å². The normalized spacial score (nSPS) is 34.3. The Morgan fingerprint density at radius 1 is 1.09 bits per heavy atom. The molecular weight excluding hydrogens is 456 g/mol. The SMILES string of the molecule is C=CCc1ccc(O[C@@H]2O[C@H]([C@@H](O)CCCO)[C@]3(O)CC[C@H]([C@H](CO)CCCO)[C@]2(O)[C@H]3O)cc1. The van der Waals surface area contributed by atoms with Gasteiger partial charge < -0.3 is 45.2 Å². The predicted octanol–water partition coefficient (Wildman–Crippen LogP) is 0.266. The molecule has 1 aromatic carbocycles. The molecule has 9 heteroatoms. The van der Waals surface area contributed by atoms with Crippen LogP contribution in [0.4, 0.5) is 0 Å². The molecule has 0 spiro atoms. The second-order valence-corrected chi connectivity index (χ2v) is 9.81. The molecule has 0 amide bonds. The van der Waals surface area contributed by atoms with Gasteiger partial charge in [-0.15, -0.1) is 6.58 Å². The van der Waals surface area contributed by atoms with Gasteiger partial charge in [0.25, 0.3) is 0 Å². The molecule has 1 heterocycles. The van der Waals surface area contributed by atoms with Crippen LogP contribution in [0.25, 0.3) is 0 Å². The van der Waals surface area contributed by atoms with E-state index < -0.39 is 47.6 Å². The summed E-state index contributed by atoms with van der Waals surface area (Å²) in [5, 5.41) is 74.1. The smallest absolute Gasteiger partial charge is 0.232 e. The van der Waals surface area contributed by atoms with E-state index >= 15 is 0 Å². The van der Waals surface area contributed by atoms with Gasteiger partial charge in [0.2, 0.25) is 6.29 Å². The minimum atomic E-state index is -2.09. The molecule has 8 atom stereocenters. The molecule has 1 aliphatic heterocycles. The van der Waals surface area contributed by atoms with E-state index in [0.717, 1.165) is 5.56 Å². The quantitative estimate of drug-likeness (QED) is 0.190. The van der Waals surface area contributed by atoms with Gasteiger partial charge in [-0.25, -0.2) is 0 Å². The van der Waals surface area contributed by atoms with Crippen molar-refractivity contribution >= 4 is 0 Å². The van der Waals surface area contributed by atoms with Gasteiger partial charge in [0.15, 0.2) is 5.60 Å². The average Bonchev–Trinajstić information content (AvgIpc) is 2.85. The summed E-state index contributed by atoms with van der Waals surface area (Å²) in [4.78, 5) is 0. The number of allylic oxidation sites excluding steroid dienone is 1. The second kappa shape index (κ2) is 12.1. The van der Waals surface area contributed by atoms with E-state index in [1.54, 1.807) is 18.2 Å². The Kier molecular flexibility index (Phi) is 9.70. The number of hydrogen-bond donors (Lipinski definition) is 7. The molecule has 1 aromatic rings. The maximum absolute atomic E-state index is 12.0. The summed E-state index contributed by atoms with van der Waals surface area (Å²) in [6.07, 6.45) is -1.77. The van der Waals surface area contributed by atoms with Gasteiger partial charge >= 0.3 is 0 Å². The van der Waals surface area contributed by atoms with Crippen LogP contribution in [0.5, 0.6) is 5.75 Å². The molecule has 3 rings (SSSR count). The standard InChI is InChI=1S/C26H40O9/c1-2-5-17-8-10-19(11-9-17)34-24-26(33)20(18(16-29)6-3-14-27)12-13-25(32,23(26)31)22(35-24)21(30)7-4-15-28/h2,8-11,18,20-24,27-33H,1,3-7,12-16H2/t18-,20+,21-,22+,23-,24+,25+,26-/m0/s1. The molecule has 0 unspecified atom stereocenters. The Balaban J connectivity index is 1.97. The van der Waals surface area contributed by atoms with E-state index in [1.165, 1.54) is 0 Å². The van der Waals surface area contributed by atoms with Gasteiger partial charge in [0, 0.05) is 25.7 Å². The fraction of sp³-hybridized carbons (Fsp3) is 0.692. The van der Waals surface area contributed by atoms with Gasteiger partial charge in [-0.05, 0) is 68.6 Å². The minimum absolute atomic E-state index is 0.0284. The van der Waals surface area contributed by atoms with E-state index in [0.29, 0.717) is 25.0 Å².